The van der Waals surface area contributed by atoms with Crippen molar-refractivity contribution in [2.75, 3.05) is 0 Å². The number of allylic oxidation sites excluding steroid dienone is 2. The smallest absolute Gasteiger partial charge is 0.252 e. The summed E-state index contributed by atoms with van der Waals surface area (Å²) in [5.41, 5.74) is 2.95. The van der Waals surface area contributed by atoms with Crippen molar-refractivity contribution in [2.45, 2.75) is 24.8 Å². The zero-order chi connectivity index (χ0) is 9.47. The van der Waals surface area contributed by atoms with Crippen LogP contribution in [0.15, 0.2) is 23.0 Å². The molecule has 0 radical (unpaired) electrons. The van der Waals surface area contributed by atoms with Crippen molar-refractivity contribution >= 4 is 15.9 Å². The molecule has 0 amide bonds. The average Bonchev–Trinajstić information content (AvgIpc) is 2.00. The lowest BCUT2D eigenvalue weighted by molar-refractivity contribution is -0.121. The van der Waals surface area contributed by atoms with Crippen LogP contribution >= 0.6 is 15.9 Å². The fraction of sp³-hybridized carbons (Fsp3) is 0.500. The van der Waals surface area contributed by atoms with Gasteiger partial charge in [0.05, 0.1) is 10.6 Å². The highest BCUT2D eigenvalue weighted by molar-refractivity contribution is 9.11. The van der Waals surface area contributed by atoms with Gasteiger partial charge in [-0.15, -0.1) is 0 Å². The highest BCUT2D eigenvalue weighted by Gasteiger charge is 2.47. The zero-order valence-electron chi connectivity index (χ0n) is 6.80. The molecule has 2 aliphatic rings. The number of alkyl halides is 2. The fourth-order valence-corrected chi connectivity index (χ4v) is 1.81. The van der Waals surface area contributed by atoms with Crippen LogP contribution in [0.25, 0.3) is 0 Å². The van der Waals surface area contributed by atoms with Gasteiger partial charge in [-0.3, -0.25) is 10.4 Å². The van der Waals surface area contributed by atoms with Gasteiger partial charge in [0, 0.05) is 19.0 Å². The molecule has 13 heavy (non-hydrogen) atoms. The summed E-state index contributed by atoms with van der Waals surface area (Å²) in [6, 6.07) is -0.0903. The molecule has 2 nitrogen and oxygen atoms in total. The molecule has 72 valence electrons. The van der Waals surface area contributed by atoms with Crippen LogP contribution in [0, 0.1) is 0 Å². The quantitative estimate of drug-likeness (QED) is 0.719. The van der Waals surface area contributed by atoms with Crippen LogP contribution in [0.3, 0.4) is 0 Å². The summed E-state index contributed by atoms with van der Waals surface area (Å²) in [5.74, 6) is -2.46. The molecule has 0 atom stereocenters. The van der Waals surface area contributed by atoms with Crippen molar-refractivity contribution in [3.8, 4) is 0 Å². The van der Waals surface area contributed by atoms with E-state index in [1.165, 1.54) is 0 Å². The highest BCUT2D eigenvalue weighted by Crippen LogP contribution is 2.40. The maximum absolute atomic E-state index is 12.5. The fourth-order valence-electron chi connectivity index (χ4n) is 1.46. The summed E-state index contributed by atoms with van der Waals surface area (Å²) in [5, 5.41) is 1.71. The average molecular weight is 251 g/mol. The van der Waals surface area contributed by atoms with E-state index in [0.29, 0.717) is 0 Å². The Kier molecular flexibility index (Phi) is 2.06. The van der Waals surface area contributed by atoms with Crippen LogP contribution in [0.1, 0.15) is 12.8 Å². The Balaban J connectivity index is 1.92. The third-order valence-electron chi connectivity index (χ3n) is 2.19. The number of hydrazine groups is 1. The molecular formula is C8H9BrF2N2. The molecule has 0 saturated heterocycles. The summed E-state index contributed by atoms with van der Waals surface area (Å²) in [6.07, 6.45) is 5.28. The molecule has 2 rings (SSSR count). The van der Waals surface area contributed by atoms with E-state index >= 15 is 0 Å². The van der Waals surface area contributed by atoms with E-state index in [0.717, 1.165) is 4.61 Å². The Morgan fingerprint density at radius 1 is 1.54 bits per heavy atom. The molecule has 1 aliphatic carbocycles. The number of halogens is 3. The van der Waals surface area contributed by atoms with E-state index in [2.05, 4.69) is 21.4 Å². The normalized spacial score (nSPS) is 26.4. The minimum Gasteiger partial charge on any atom is -0.292 e. The molecule has 1 aliphatic heterocycles. The molecular weight excluding hydrogens is 242 g/mol. The van der Waals surface area contributed by atoms with Crippen molar-refractivity contribution in [1.82, 2.24) is 10.4 Å². The summed E-state index contributed by atoms with van der Waals surface area (Å²) < 4.78 is 25.9. The Morgan fingerprint density at radius 2 is 2.23 bits per heavy atom. The minimum absolute atomic E-state index is 0.0649. The third-order valence-corrected chi connectivity index (χ3v) is 2.63. The molecule has 0 unspecified atom stereocenters. The van der Waals surface area contributed by atoms with Crippen LogP contribution in [0.4, 0.5) is 8.78 Å². The Morgan fingerprint density at radius 3 is 2.77 bits per heavy atom. The number of nitrogens with zero attached hydrogens (tertiary/aromatic N) is 1. The van der Waals surface area contributed by atoms with Gasteiger partial charge in [-0.1, -0.05) is 0 Å². The lowest BCUT2D eigenvalue weighted by Gasteiger charge is -2.42. The van der Waals surface area contributed by atoms with Gasteiger partial charge in [-0.25, -0.2) is 8.78 Å². The predicted octanol–water partition coefficient (Wildman–Crippen LogP) is 2.35. The van der Waals surface area contributed by atoms with E-state index in [4.69, 9.17) is 0 Å². The summed E-state index contributed by atoms with van der Waals surface area (Å²) >= 11 is 3.25. The first kappa shape index (κ1) is 8.99. The highest BCUT2D eigenvalue weighted by atomic mass is 79.9. The molecule has 0 aromatic rings. The lowest BCUT2D eigenvalue weighted by Crippen LogP contribution is -2.53. The molecule has 1 saturated carbocycles. The second kappa shape index (κ2) is 2.97. The third kappa shape index (κ3) is 1.85. The van der Waals surface area contributed by atoms with Gasteiger partial charge in [0.1, 0.15) is 0 Å². The van der Waals surface area contributed by atoms with Gasteiger partial charge < -0.3 is 0 Å². The van der Waals surface area contributed by atoms with Crippen molar-refractivity contribution in [1.29, 1.82) is 0 Å². The number of hydrogen-bond donors (Lipinski definition) is 1. The van der Waals surface area contributed by atoms with E-state index in [1.54, 1.807) is 11.2 Å². The van der Waals surface area contributed by atoms with Crippen LogP contribution in [0.2, 0.25) is 0 Å². The summed E-state index contributed by atoms with van der Waals surface area (Å²) in [4.78, 5) is 0. The minimum atomic E-state index is -2.46. The number of hydrogen-bond acceptors (Lipinski definition) is 2. The molecule has 1 N–H and O–H groups in total. The van der Waals surface area contributed by atoms with Crippen LogP contribution in [-0.4, -0.2) is 17.0 Å². The molecule has 1 fully saturated rings. The topological polar surface area (TPSA) is 15.3 Å². The molecule has 5 heteroatoms. The first-order chi connectivity index (χ1) is 6.07. The SMILES string of the molecule is FC1(F)CC(N2C=CC=C(Br)N2)C1. The maximum atomic E-state index is 12.5. The van der Waals surface area contributed by atoms with Crippen LogP contribution in [0.5, 0.6) is 0 Å². The van der Waals surface area contributed by atoms with E-state index in [-0.39, 0.29) is 18.9 Å². The Bertz CT molecular complexity index is 267. The van der Waals surface area contributed by atoms with Crippen molar-refractivity contribution < 1.29 is 8.78 Å². The number of nitrogens with one attached hydrogen (secondary N) is 1. The zero-order valence-corrected chi connectivity index (χ0v) is 8.39. The van der Waals surface area contributed by atoms with E-state index in [9.17, 15) is 8.78 Å². The molecule has 0 aromatic heterocycles. The molecule has 1 heterocycles. The maximum Gasteiger partial charge on any atom is 0.252 e. The van der Waals surface area contributed by atoms with Gasteiger partial charge in [0.2, 0.25) is 0 Å². The largest absolute Gasteiger partial charge is 0.292 e. The molecule has 0 bridgehead atoms. The van der Waals surface area contributed by atoms with Gasteiger partial charge in [0.25, 0.3) is 5.92 Å². The second-order valence-corrected chi connectivity index (χ2v) is 4.15. The van der Waals surface area contributed by atoms with Crippen LogP contribution < -0.4 is 5.43 Å². The van der Waals surface area contributed by atoms with Crippen molar-refractivity contribution in [2.24, 2.45) is 0 Å². The Hall–Kier alpha value is -0.580. The predicted molar refractivity (Wildman–Crippen MR) is 49.1 cm³/mol. The van der Waals surface area contributed by atoms with Gasteiger partial charge in [-0.2, -0.15) is 0 Å². The second-order valence-electron chi connectivity index (χ2n) is 3.29. The van der Waals surface area contributed by atoms with Gasteiger partial charge >= 0.3 is 0 Å². The van der Waals surface area contributed by atoms with Crippen molar-refractivity contribution in [3.05, 3.63) is 23.0 Å². The summed E-state index contributed by atoms with van der Waals surface area (Å²) in [6.45, 7) is 0. The first-order valence-corrected chi connectivity index (χ1v) is 4.83. The van der Waals surface area contributed by atoms with Gasteiger partial charge in [0.15, 0.2) is 0 Å². The molecule has 0 spiro atoms. The monoisotopic (exact) mass is 250 g/mol. The first-order valence-electron chi connectivity index (χ1n) is 4.04. The van der Waals surface area contributed by atoms with Gasteiger partial charge in [-0.05, 0) is 28.1 Å². The summed E-state index contributed by atoms with van der Waals surface area (Å²) in [7, 11) is 0. The standard InChI is InChI=1S/C8H9BrF2N2/c9-7-2-1-3-13(12-7)6-4-8(10,11)5-6/h1-3,6,12H,4-5H2. The van der Waals surface area contributed by atoms with E-state index in [1.807, 2.05) is 12.2 Å². The molecule has 0 aromatic carbocycles. The lowest BCUT2D eigenvalue weighted by atomic mass is 9.88. The van der Waals surface area contributed by atoms with Crippen molar-refractivity contribution in [3.63, 3.8) is 0 Å². The van der Waals surface area contributed by atoms with Crippen LogP contribution in [-0.2, 0) is 0 Å². The Labute approximate surface area is 83.4 Å². The van der Waals surface area contributed by atoms with E-state index < -0.39 is 5.92 Å². The number of rotatable bonds is 1.